The van der Waals surface area contributed by atoms with Crippen LogP contribution in [0.2, 0.25) is 0 Å². The second-order valence-corrected chi connectivity index (χ2v) is 4.28. The summed E-state index contributed by atoms with van der Waals surface area (Å²) in [5.74, 6) is 0.118. The molecule has 0 aliphatic rings. The number of rotatable bonds is 3. The Labute approximate surface area is 102 Å². The molecule has 86 valence electrons. The van der Waals surface area contributed by atoms with E-state index < -0.39 is 0 Å². The standard InChI is InChI=1S/C15H16N2/c1-11-3-2-4-13(9-11)10-12-5-7-14(8-6-12)15(16)17/h2-9H,10H2,1H3,(H3,16,17). The van der Waals surface area contributed by atoms with Gasteiger partial charge < -0.3 is 5.73 Å². The monoisotopic (exact) mass is 224 g/mol. The van der Waals surface area contributed by atoms with E-state index >= 15 is 0 Å². The Morgan fingerprint density at radius 3 is 2.35 bits per heavy atom. The molecule has 2 aromatic carbocycles. The lowest BCUT2D eigenvalue weighted by Gasteiger charge is -2.04. The van der Waals surface area contributed by atoms with Gasteiger partial charge in [0.1, 0.15) is 5.84 Å². The number of benzene rings is 2. The Morgan fingerprint density at radius 2 is 1.76 bits per heavy atom. The molecule has 2 nitrogen and oxygen atoms in total. The van der Waals surface area contributed by atoms with Crippen molar-refractivity contribution in [3.05, 3.63) is 70.8 Å². The van der Waals surface area contributed by atoms with Crippen molar-refractivity contribution < 1.29 is 0 Å². The minimum absolute atomic E-state index is 0.118. The van der Waals surface area contributed by atoms with Crippen molar-refractivity contribution in [1.29, 1.82) is 5.41 Å². The van der Waals surface area contributed by atoms with Crippen LogP contribution in [0.1, 0.15) is 22.3 Å². The molecular weight excluding hydrogens is 208 g/mol. The summed E-state index contributed by atoms with van der Waals surface area (Å²) in [6.45, 7) is 2.10. The van der Waals surface area contributed by atoms with Gasteiger partial charge in [-0.2, -0.15) is 0 Å². The molecule has 0 aliphatic heterocycles. The first kappa shape index (κ1) is 11.4. The van der Waals surface area contributed by atoms with E-state index in [4.69, 9.17) is 11.1 Å². The van der Waals surface area contributed by atoms with Gasteiger partial charge in [0.05, 0.1) is 0 Å². The van der Waals surface area contributed by atoms with E-state index in [1.165, 1.54) is 16.7 Å². The molecule has 0 saturated carbocycles. The molecular formula is C15H16N2. The van der Waals surface area contributed by atoms with E-state index in [1.54, 1.807) is 0 Å². The number of nitrogens with two attached hydrogens (primary N) is 1. The van der Waals surface area contributed by atoms with Gasteiger partial charge in [-0.1, -0.05) is 54.1 Å². The lowest BCUT2D eigenvalue weighted by molar-refractivity contribution is 1.18. The molecule has 3 N–H and O–H groups in total. The molecule has 0 unspecified atom stereocenters. The zero-order valence-corrected chi connectivity index (χ0v) is 9.90. The fraction of sp³-hybridized carbons (Fsp3) is 0.133. The molecule has 0 aliphatic carbocycles. The van der Waals surface area contributed by atoms with Gasteiger partial charge in [-0.25, -0.2) is 0 Å². The summed E-state index contributed by atoms with van der Waals surface area (Å²) in [7, 11) is 0. The molecule has 0 heterocycles. The Bertz CT molecular complexity index is 527. The molecule has 0 saturated heterocycles. The van der Waals surface area contributed by atoms with Crippen LogP contribution in [0.5, 0.6) is 0 Å². The van der Waals surface area contributed by atoms with Crippen LogP contribution in [-0.2, 0) is 6.42 Å². The Balaban J connectivity index is 2.16. The summed E-state index contributed by atoms with van der Waals surface area (Å²) in [5, 5.41) is 7.33. The van der Waals surface area contributed by atoms with Crippen LogP contribution in [0.4, 0.5) is 0 Å². The number of hydrogen-bond acceptors (Lipinski definition) is 1. The summed E-state index contributed by atoms with van der Waals surface area (Å²) < 4.78 is 0. The minimum atomic E-state index is 0.118. The molecule has 0 radical (unpaired) electrons. The maximum atomic E-state index is 7.33. The van der Waals surface area contributed by atoms with E-state index in [0.29, 0.717) is 0 Å². The third-order valence-corrected chi connectivity index (χ3v) is 2.76. The molecule has 2 heteroatoms. The van der Waals surface area contributed by atoms with E-state index in [-0.39, 0.29) is 5.84 Å². The number of nitrogens with one attached hydrogen (secondary N) is 1. The molecule has 17 heavy (non-hydrogen) atoms. The van der Waals surface area contributed by atoms with Crippen molar-refractivity contribution in [1.82, 2.24) is 0 Å². The fourth-order valence-corrected chi connectivity index (χ4v) is 1.86. The molecule has 0 spiro atoms. The Kier molecular flexibility index (Phi) is 3.24. The zero-order chi connectivity index (χ0) is 12.3. The predicted molar refractivity (Wildman–Crippen MR) is 71.4 cm³/mol. The first-order chi connectivity index (χ1) is 8.15. The normalized spacial score (nSPS) is 10.2. The second kappa shape index (κ2) is 4.83. The fourth-order valence-electron chi connectivity index (χ4n) is 1.86. The Morgan fingerprint density at radius 1 is 1.06 bits per heavy atom. The first-order valence-electron chi connectivity index (χ1n) is 5.64. The highest BCUT2D eigenvalue weighted by Crippen LogP contribution is 2.12. The highest BCUT2D eigenvalue weighted by Gasteiger charge is 1.99. The third kappa shape index (κ3) is 2.94. The quantitative estimate of drug-likeness (QED) is 0.611. The molecule has 0 aromatic heterocycles. The van der Waals surface area contributed by atoms with Gasteiger partial charge >= 0.3 is 0 Å². The Hall–Kier alpha value is -2.09. The average molecular weight is 224 g/mol. The molecule has 0 fully saturated rings. The van der Waals surface area contributed by atoms with Crippen molar-refractivity contribution in [2.45, 2.75) is 13.3 Å². The van der Waals surface area contributed by atoms with Crippen LogP contribution < -0.4 is 5.73 Å². The van der Waals surface area contributed by atoms with Crippen molar-refractivity contribution in [3.63, 3.8) is 0 Å². The first-order valence-corrected chi connectivity index (χ1v) is 5.64. The van der Waals surface area contributed by atoms with Crippen molar-refractivity contribution in [3.8, 4) is 0 Å². The molecule has 0 bridgehead atoms. The van der Waals surface area contributed by atoms with Crippen LogP contribution in [0.25, 0.3) is 0 Å². The smallest absolute Gasteiger partial charge is 0.122 e. The van der Waals surface area contributed by atoms with Crippen LogP contribution >= 0.6 is 0 Å². The number of hydrogen-bond donors (Lipinski definition) is 2. The summed E-state index contributed by atoms with van der Waals surface area (Å²) in [4.78, 5) is 0. The summed E-state index contributed by atoms with van der Waals surface area (Å²) in [6, 6.07) is 16.3. The lowest BCUT2D eigenvalue weighted by Crippen LogP contribution is -2.10. The highest BCUT2D eigenvalue weighted by molar-refractivity contribution is 5.94. The SMILES string of the molecule is Cc1cccc(Cc2ccc(C(=N)N)cc2)c1. The van der Waals surface area contributed by atoms with E-state index in [9.17, 15) is 0 Å². The van der Waals surface area contributed by atoms with Gasteiger partial charge in [0, 0.05) is 5.56 Å². The van der Waals surface area contributed by atoms with Crippen LogP contribution in [0, 0.1) is 12.3 Å². The van der Waals surface area contributed by atoms with Crippen molar-refractivity contribution >= 4 is 5.84 Å². The molecule has 0 amide bonds. The van der Waals surface area contributed by atoms with Gasteiger partial charge in [-0.3, -0.25) is 5.41 Å². The zero-order valence-electron chi connectivity index (χ0n) is 9.90. The van der Waals surface area contributed by atoms with Crippen LogP contribution in [0.15, 0.2) is 48.5 Å². The summed E-state index contributed by atoms with van der Waals surface area (Å²) in [6.07, 6.45) is 0.917. The van der Waals surface area contributed by atoms with E-state index in [2.05, 4.69) is 31.2 Å². The number of nitrogen functional groups attached to an aromatic ring is 1. The maximum absolute atomic E-state index is 7.33. The number of aryl methyl sites for hydroxylation is 1. The third-order valence-electron chi connectivity index (χ3n) is 2.76. The molecule has 0 atom stereocenters. The average Bonchev–Trinajstić information content (AvgIpc) is 2.29. The highest BCUT2D eigenvalue weighted by atomic mass is 14.7. The van der Waals surface area contributed by atoms with Gasteiger partial charge in [0.15, 0.2) is 0 Å². The summed E-state index contributed by atoms with van der Waals surface area (Å²) in [5.41, 5.74) is 10.0. The van der Waals surface area contributed by atoms with Crippen molar-refractivity contribution in [2.24, 2.45) is 5.73 Å². The van der Waals surface area contributed by atoms with E-state index in [0.717, 1.165) is 12.0 Å². The maximum Gasteiger partial charge on any atom is 0.122 e. The van der Waals surface area contributed by atoms with Gasteiger partial charge in [0.2, 0.25) is 0 Å². The molecule has 2 rings (SSSR count). The van der Waals surface area contributed by atoms with Crippen LogP contribution in [-0.4, -0.2) is 5.84 Å². The lowest BCUT2D eigenvalue weighted by atomic mass is 10.0. The van der Waals surface area contributed by atoms with Gasteiger partial charge in [-0.15, -0.1) is 0 Å². The predicted octanol–water partition coefficient (Wildman–Crippen LogP) is 2.87. The molecule has 2 aromatic rings. The minimum Gasteiger partial charge on any atom is -0.384 e. The number of amidine groups is 1. The van der Waals surface area contributed by atoms with Crippen molar-refractivity contribution in [2.75, 3.05) is 0 Å². The second-order valence-electron chi connectivity index (χ2n) is 4.28. The largest absolute Gasteiger partial charge is 0.384 e. The van der Waals surface area contributed by atoms with E-state index in [1.807, 2.05) is 24.3 Å². The van der Waals surface area contributed by atoms with Crippen LogP contribution in [0.3, 0.4) is 0 Å². The topological polar surface area (TPSA) is 49.9 Å². The van der Waals surface area contributed by atoms with Gasteiger partial charge in [-0.05, 0) is 24.5 Å². The van der Waals surface area contributed by atoms with Gasteiger partial charge in [0.25, 0.3) is 0 Å². The summed E-state index contributed by atoms with van der Waals surface area (Å²) >= 11 is 0.